The monoisotopic (exact) mass is 667 g/mol. The van der Waals surface area contributed by atoms with Crippen molar-refractivity contribution in [2.24, 2.45) is 5.41 Å². The minimum atomic E-state index is -2.99. The third kappa shape index (κ3) is 5.26. The summed E-state index contributed by atoms with van der Waals surface area (Å²) in [6.45, 7) is 2.73. The molecule has 256 valence electrons. The Morgan fingerprint density at radius 1 is 1.15 bits per heavy atom. The van der Waals surface area contributed by atoms with Crippen molar-refractivity contribution in [2.45, 2.75) is 87.1 Å². The van der Waals surface area contributed by atoms with Gasteiger partial charge >= 0.3 is 6.01 Å². The number of rotatable bonds is 8. The second-order valence-electron chi connectivity index (χ2n) is 15.2. The number of likely N-dealkylation sites (N-methyl/N-ethyl adjacent to an activating group) is 1. The molecule has 3 aromatic rings. The molecule has 0 spiro atoms. The summed E-state index contributed by atoms with van der Waals surface area (Å²) in [5.41, 5.74) is -2.93. The molecule has 3 heterocycles. The van der Waals surface area contributed by atoms with Gasteiger partial charge in [0.2, 0.25) is 0 Å². The van der Waals surface area contributed by atoms with E-state index in [1.807, 2.05) is 17.0 Å². The topological polar surface area (TPSA) is 94.0 Å². The van der Waals surface area contributed by atoms with E-state index in [1.165, 1.54) is 12.1 Å². The molecule has 2 bridgehead atoms. The normalized spacial score (nSPS) is 33.4. The fraction of sp³-hybridized carbons (Fsp3) is 0.556. The van der Waals surface area contributed by atoms with Gasteiger partial charge in [-0.1, -0.05) is 30.3 Å². The zero-order valence-electron chi connectivity index (χ0n) is 27.2. The van der Waals surface area contributed by atoms with Gasteiger partial charge in [-0.15, -0.1) is 0 Å². The number of ether oxygens (including phenoxy) is 1. The number of hydrogen-bond acceptors (Lipinski definition) is 8. The van der Waals surface area contributed by atoms with Gasteiger partial charge in [0.1, 0.15) is 29.4 Å². The van der Waals surface area contributed by atoms with Gasteiger partial charge in [-0.25, -0.2) is 17.6 Å². The summed E-state index contributed by atoms with van der Waals surface area (Å²) >= 11 is 0. The van der Waals surface area contributed by atoms with E-state index in [0.29, 0.717) is 19.5 Å². The molecule has 6 atom stereocenters. The Morgan fingerprint density at radius 2 is 1.94 bits per heavy atom. The Labute approximate surface area is 276 Å². The third-order valence-corrected chi connectivity index (χ3v) is 11.5. The molecular formula is C36H41F4N5O3. The summed E-state index contributed by atoms with van der Waals surface area (Å²) in [6, 6.07) is 8.16. The van der Waals surface area contributed by atoms with Gasteiger partial charge in [0.05, 0.1) is 17.1 Å². The van der Waals surface area contributed by atoms with Crippen LogP contribution in [0.15, 0.2) is 36.4 Å². The number of fused-ring (bicyclic) bond motifs is 4. The summed E-state index contributed by atoms with van der Waals surface area (Å²) in [5.74, 6) is -4.71. The van der Waals surface area contributed by atoms with Gasteiger partial charge < -0.3 is 25.2 Å². The lowest BCUT2D eigenvalue weighted by molar-refractivity contribution is 0.00647. The van der Waals surface area contributed by atoms with Crippen LogP contribution in [-0.4, -0.2) is 88.0 Å². The Balaban J connectivity index is 1.18. The van der Waals surface area contributed by atoms with Crippen LogP contribution < -0.4 is 15.0 Å². The van der Waals surface area contributed by atoms with Crippen molar-refractivity contribution in [3.63, 3.8) is 0 Å². The molecule has 2 aliphatic heterocycles. The van der Waals surface area contributed by atoms with Crippen molar-refractivity contribution in [1.82, 2.24) is 20.2 Å². The van der Waals surface area contributed by atoms with E-state index in [0.717, 1.165) is 36.8 Å². The smallest absolute Gasteiger partial charge is 0.319 e. The number of aliphatic hydroxyl groups is 2. The first-order valence-corrected chi connectivity index (χ1v) is 16.9. The van der Waals surface area contributed by atoms with Crippen LogP contribution in [0.25, 0.3) is 17.0 Å². The highest BCUT2D eigenvalue weighted by Gasteiger charge is 2.72. The Morgan fingerprint density at radius 3 is 2.67 bits per heavy atom. The van der Waals surface area contributed by atoms with Gasteiger partial charge in [-0.3, -0.25) is 4.90 Å². The highest BCUT2D eigenvalue weighted by molar-refractivity contribution is 5.91. The van der Waals surface area contributed by atoms with E-state index in [-0.39, 0.29) is 53.3 Å². The van der Waals surface area contributed by atoms with Crippen LogP contribution in [0, 0.1) is 17.0 Å². The van der Waals surface area contributed by atoms with Crippen LogP contribution >= 0.6 is 0 Å². The van der Waals surface area contributed by atoms with Crippen LogP contribution in [0.4, 0.5) is 23.4 Å². The van der Waals surface area contributed by atoms with Crippen molar-refractivity contribution in [1.29, 1.82) is 0 Å². The van der Waals surface area contributed by atoms with Gasteiger partial charge in [-0.05, 0) is 69.3 Å². The molecule has 3 aliphatic carbocycles. The zero-order valence-corrected chi connectivity index (χ0v) is 27.2. The van der Waals surface area contributed by atoms with Crippen molar-refractivity contribution in [3.05, 3.63) is 64.7 Å². The summed E-state index contributed by atoms with van der Waals surface area (Å²) < 4.78 is 68.8. The first-order chi connectivity index (χ1) is 22.8. The van der Waals surface area contributed by atoms with Crippen molar-refractivity contribution in [2.75, 3.05) is 38.2 Å². The van der Waals surface area contributed by atoms with Crippen LogP contribution in [-0.2, 0) is 12.0 Å². The van der Waals surface area contributed by atoms with Crippen LogP contribution in [0.5, 0.6) is 6.01 Å². The Kier molecular flexibility index (Phi) is 7.38. The van der Waals surface area contributed by atoms with Crippen LogP contribution in [0.2, 0.25) is 0 Å². The number of piperazine rings is 1. The van der Waals surface area contributed by atoms with E-state index >= 15 is 17.6 Å². The first kappa shape index (κ1) is 31.9. The van der Waals surface area contributed by atoms with Gasteiger partial charge in [0, 0.05) is 55.5 Å². The summed E-state index contributed by atoms with van der Waals surface area (Å²) in [5, 5.41) is 25.8. The largest absolute Gasteiger partial charge is 0.463 e. The van der Waals surface area contributed by atoms with Gasteiger partial charge in [-0.2, -0.15) is 9.97 Å². The molecule has 1 unspecified atom stereocenters. The Bertz CT molecular complexity index is 1810. The minimum Gasteiger partial charge on any atom is -0.463 e. The molecule has 0 radical (unpaired) electrons. The maximum Gasteiger partial charge on any atom is 0.319 e. The SMILES string of the molecule is CN(C[C@@]1(COc2nc(N3C[C@H]4CC[C@@](C)(C3)N4)c3cc(F)c(C4(O)C=Cc5ccccc5C4)c(F)c3n2)CC1(F)F)[C@@H]1CCC[C@H]1O. The lowest BCUT2D eigenvalue weighted by Gasteiger charge is -2.40. The van der Waals surface area contributed by atoms with Gasteiger partial charge in [0.25, 0.3) is 5.92 Å². The van der Waals surface area contributed by atoms with E-state index in [4.69, 9.17) is 4.74 Å². The second kappa shape index (κ2) is 11.1. The van der Waals surface area contributed by atoms with E-state index in [1.54, 1.807) is 30.2 Å². The molecule has 2 saturated heterocycles. The molecule has 48 heavy (non-hydrogen) atoms. The maximum absolute atomic E-state index is 16.7. The molecule has 5 aliphatic rings. The molecular weight excluding hydrogens is 626 g/mol. The Hall–Kier alpha value is -3.32. The number of nitrogens with one attached hydrogen (secondary N) is 1. The van der Waals surface area contributed by atoms with Crippen molar-refractivity contribution >= 4 is 22.8 Å². The molecule has 12 heteroatoms. The third-order valence-electron chi connectivity index (χ3n) is 11.5. The predicted molar refractivity (Wildman–Crippen MR) is 173 cm³/mol. The lowest BCUT2D eigenvalue weighted by Crippen LogP contribution is -2.58. The highest BCUT2D eigenvalue weighted by atomic mass is 19.3. The fourth-order valence-electron chi connectivity index (χ4n) is 8.76. The predicted octanol–water partition coefficient (Wildman–Crippen LogP) is 4.95. The molecule has 2 aromatic carbocycles. The summed E-state index contributed by atoms with van der Waals surface area (Å²) in [4.78, 5) is 12.8. The van der Waals surface area contributed by atoms with E-state index in [9.17, 15) is 10.2 Å². The quantitative estimate of drug-likeness (QED) is 0.291. The van der Waals surface area contributed by atoms with E-state index in [2.05, 4.69) is 22.2 Å². The number of hydrogen-bond donors (Lipinski definition) is 3. The number of nitrogens with zero attached hydrogens (tertiary/aromatic N) is 4. The molecule has 2 saturated carbocycles. The standard InChI is InChI=1S/C36H41F4N5O3/c1-33-12-11-23(43-33)16-45(18-33)31-24-14-25(37)28(35(47)13-10-21-6-3-4-7-22(21)15-35)29(38)30(24)41-32(42-31)48-20-34(17-36(34,39)40)19-44(2)26-8-5-9-27(26)46/h3-4,6-7,10,13-14,23,26-27,43,46-47H,5,8-9,11-12,15-20H2,1-2H3/t23-,26-,27-,33+,34-,35?/m1/s1. The fourth-order valence-corrected chi connectivity index (χ4v) is 8.76. The molecule has 8 rings (SSSR count). The average molecular weight is 668 g/mol. The van der Waals surface area contributed by atoms with E-state index < -0.39 is 53.3 Å². The molecule has 4 fully saturated rings. The van der Waals surface area contributed by atoms with Crippen LogP contribution in [0.1, 0.15) is 62.1 Å². The molecule has 1 aromatic heterocycles. The number of aliphatic hydroxyl groups excluding tert-OH is 1. The molecule has 8 nitrogen and oxygen atoms in total. The number of anilines is 1. The molecule has 3 N–H and O–H groups in total. The minimum absolute atomic E-state index is 0.00452. The van der Waals surface area contributed by atoms with Crippen molar-refractivity contribution in [3.8, 4) is 6.01 Å². The first-order valence-electron chi connectivity index (χ1n) is 16.9. The zero-order chi connectivity index (χ0) is 33.6. The average Bonchev–Trinajstić information content (AvgIpc) is 3.27. The maximum atomic E-state index is 16.7. The number of alkyl halides is 2. The summed E-state index contributed by atoms with van der Waals surface area (Å²) in [7, 11) is 1.74. The molecule has 0 amide bonds. The van der Waals surface area contributed by atoms with Crippen molar-refractivity contribution < 1.29 is 32.5 Å². The second-order valence-corrected chi connectivity index (χ2v) is 15.2. The number of aromatic nitrogens is 2. The van der Waals surface area contributed by atoms with Gasteiger partial charge in [0.15, 0.2) is 5.82 Å². The number of benzene rings is 2. The highest BCUT2D eigenvalue weighted by Crippen LogP contribution is 2.61. The van der Waals surface area contributed by atoms with Crippen LogP contribution in [0.3, 0.4) is 0 Å². The number of halogens is 4. The lowest BCUT2D eigenvalue weighted by atomic mass is 9.80. The summed E-state index contributed by atoms with van der Waals surface area (Å²) in [6.07, 6.45) is 6.11.